The number of hydrogen-bond donors (Lipinski definition) is 1. The molecule has 2 heterocycles. The van der Waals surface area contributed by atoms with E-state index in [4.69, 9.17) is 17.3 Å². The molecule has 0 saturated heterocycles. The van der Waals surface area contributed by atoms with Crippen LogP contribution in [0.2, 0.25) is 5.02 Å². The summed E-state index contributed by atoms with van der Waals surface area (Å²) < 4.78 is 1.67. The highest BCUT2D eigenvalue weighted by Gasteiger charge is 2.17. The van der Waals surface area contributed by atoms with Gasteiger partial charge in [-0.3, -0.25) is 9.67 Å². The van der Waals surface area contributed by atoms with E-state index in [0.717, 1.165) is 22.4 Å². The molecule has 0 aliphatic carbocycles. The number of pyridine rings is 1. The highest BCUT2D eigenvalue weighted by molar-refractivity contribution is 6.30. The molecule has 0 spiro atoms. The molecule has 0 unspecified atom stereocenters. The van der Waals surface area contributed by atoms with Crippen LogP contribution in [0.4, 0.5) is 5.82 Å². The van der Waals surface area contributed by atoms with Crippen molar-refractivity contribution in [3.05, 3.63) is 53.8 Å². The first-order chi connectivity index (χ1) is 9.66. The molecule has 4 nitrogen and oxygen atoms in total. The van der Waals surface area contributed by atoms with Crippen molar-refractivity contribution >= 4 is 17.4 Å². The average Bonchev–Trinajstić information content (AvgIpc) is 2.76. The Hall–Kier alpha value is -2.33. The van der Waals surface area contributed by atoms with Crippen LogP contribution in [0.15, 0.2) is 48.8 Å². The number of halogens is 1. The molecule has 0 radical (unpaired) electrons. The van der Waals surface area contributed by atoms with Gasteiger partial charge in [0.1, 0.15) is 11.5 Å². The molecule has 3 rings (SSSR count). The van der Waals surface area contributed by atoms with Crippen LogP contribution in [0.5, 0.6) is 0 Å². The van der Waals surface area contributed by atoms with E-state index >= 15 is 0 Å². The summed E-state index contributed by atoms with van der Waals surface area (Å²) in [5, 5.41) is 5.18. The number of anilines is 1. The van der Waals surface area contributed by atoms with Crippen LogP contribution < -0.4 is 5.73 Å². The fraction of sp³-hybridized carbons (Fsp3) is 0.0667. The fourth-order valence-electron chi connectivity index (χ4n) is 2.18. The first-order valence-corrected chi connectivity index (χ1v) is 6.53. The highest BCUT2D eigenvalue weighted by Crippen LogP contribution is 2.36. The smallest absolute Gasteiger partial charge is 0.129 e. The summed E-state index contributed by atoms with van der Waals surface area (Å²) in [4.78, 5) is 4.03. The molecule has 0 aliphatic rings. The Balaban J connectivity index is 2.25. The molecule has 1 aromatic carbocycles. The van der Waals surface area contributed by atoms with Crippen molar-refractivity contribution in [2.45, 2.75) is 0 Å². The third-order valence-corrected chi connectivity index (χ3v) is 3.39. The van der Waals surface area contributed by atoms with E-state index in [1.165, 1.54) is 0 Å². The average molecular weight is 285 g/mol. The maximum atomic E-state index is 6.16. The molecule has 0 bridgehead atoms. The van der Waals surface area contributed by atoms with E-state index in [2.05, 4.69) is 10.1 Å². The molecule has 0 saturated carbocycles. The number of benzene rings is 1. The van der Waals surface area contributed by atoms with Crippen molar-refractivity contribution in [3.63, 3.8) is 0 Å². The lowest BCUT2D eigenvalue weighted by atomic mass is 10.0. The number of aryl methyl sites for hydroxylation is 1. The van der Waals surface area contributed by atoms with E-state index < -0.39 is 0 Å². The van der Waals surface area contributed by atoms with Gasteiger partial charge in [-0.15, -0.1) is 0 Å². The third-order valence-electron chi connectivity index (χ3n) is 3.16. The first-order valence-electron chi connectivity index (χ1n) is 6.15. The van der Waals surface area contributed by atoms with Gasteiger partial charge in [0.2, 0.25) is 0 Å². The van der Waals surface area contributed by atoms with Crippen molar-refractivity contribution in [1.82, 2.24) is 14.8 Å². The molecule has 0 fully saturated rings. The zero-order valence-corrected chi connectivity index (χ0v) is 11.7. The molecule has 0 aliphatic heterocycles. The quantitative estimate of drug-likeness (QED) is 0.785. The highest BCUT2D eigenvalue weighted by atomic mass is 35.5. The molecular formula is C15H13ClN4. The van der Waals surface area contributed by atoms with Crippen molar-refractivity contribution < 1.29 is 0 Å². The monoisotopic (exact) mass is 284 g/mol. The summed E-state index contributed by atoms with van der Waals surface area (Å²) in [7, 11) is 1.83. The Morgan fingerprint density at radius 2 is 1.85 bits per heavy atom. The summed E-state index contributed by atoms with van der Waals surface area (Å²) >= 11 is 6.07. The van der Waals surface area contributed by atoms with E-state index in [1.807, 2.05) is 43.4 Å². The lowest BCUT2D eigenvalue weighted by molar-refractivity contribution is 0.782. The van der Waals surface area contributed by atoms with Gasteiger partial charge in [-0.05, 0) is 29.8 Å². The van der Waals surface area contributed by atoms with Crippen molar-refractivity contribution in [2.75, 3.05) is 5.73 Å². The number of nitrogens with two attached hydrogens (primary N) is 1. The van der Waals surface area contributed by atoms with Gasteiger partial charge < -0.3 is 5.73 Å². The van der Waals surface area contributed by atoms with Gasteiger partial charge in [0.15, 0.2) is 0 Å². The predicted molar refractivity (Wildman–Crippen MR) is 81.3 cm³/mol. The molecule has 100 valence electrons. The zero-order valence-electron chi connectivity index (χ0n) is 10.9. The summed E-state index contributed by atoms with van der Waals surface area (Å²) in [6.07, 6.45) is 3.48. The number of nitrogen functional groups attached to an aromatic ring is 1. The molecule has 2 aromatic heterocycles. The van der Waals surface area contributed by atoms with Crippen LogP contribution in [0.1, 0.15) is 0 Å². The first kappa shape index (κ1) is 12.7. The Morgan fingerprint density at radius 1 is 1.10 bits per heavy atom. The number of nitrogens with zero attached hydrogens (tertiary/aromatic N) is 3. The second kappa shape index (κ2) is 4.98. The summed E-state index contributed by atoms with van der Waals surface area (Å²) in [5.41, 5.74) is 9.81. The fourth-order valence-corrected chi connectivity index (χ4v) is 2.37. The maximum absolute atomic E-state index is 6.16. The minimum atomic E-state index is 0.610. The number of rotatable bonds is 2. The largest absolute Gasteiger partial charge is 0.383 e. The Bertz CT molecular complexity index is 750. The molecule has 0 atom stereocenters. The van der Waals surface area contributed by atoms with Crippen LogP contribution in [0, 0.1) is 0 Å². The number of hydrogen-bond acceptors (Lipinski definition) is 3. The van der Waals surface area contributed by atoms with Gasteiger partial charge in [-0.2, -0.15) is 5.10 Å². The molecule has 0 amide bonds. The van der Waals surface area contributed by atoms with Crippen LogP contribution in [-0.4, -0.2) is 14.8 Å². The van der Waals surface area contributed by atoms with Gasteiger partial charge in [-0.1, -0.05) is 23.7 Å². The van der Waals surface area contributed by atoms with Crippen LogP contribution >= 0.6 is 11.6 Å². The lowest BCUT2D eigenvalue weighted by Crippen LogP contribution is -1.97. The summed E-state index contributed by atoms with van der Waals surface area (Å²) in [6.45, 7) is 0. The van der Waals surface area contributed by atoms with E-state index in [9.17, 15) is 0 Å². The van der Waals surface area contributed by atoms with Gasteiger partial charge in [-0.25, -0.2) is 0 Å². The Labute approximate surface area is 121 Å². The molecule has 20 heavy (non-hydrogen) atoms. The van der Waals surface area contributed by atoms with Crippen LogP contribution in [0.25, 0.3) is 22.4 Å². The van der Waals surface area contributed by atoms with Gasteiger partial charge >= 0.3 is 0 Å². The van der Waals surface area contributed by atoms with Gasteiger partial charge in [0.25, 0.3) is 0 Å². The van der Waals surface area contributed by atoms with Gasteiger partial charge in [0, 0.05) is 30.0 Å². The van der Waals surface area contributed by atoms with Crippen molar-refractivity contribution in [3.8, 4) is 22.4 Å². The van der Waals surface area contributed by atoms with Crippen LogP contribution in [-0.2, 0) is 7.05 Å². The van der Waals surface area contributed by atoms with E-state index in [1.54, 1.807) is 17.1 Å². The Kier molecular flexibility index (Phi) is 3.16. The minimum Gasteiger partial charge on any atom is -0.383 e. The van der Waals surface area contributed by atoms with Crippen LogP contribution in [0.3, 0.4) is 0 Å². The SMILES string of the molecule is Cn1nc(-c2ccncc2)c(-c2cccc(Cl)c2)c1N. The minimum absolute atomic E-state index is 0.610. The third kappa shape index (κ3) is 2.14. The Morgan fingerprint density at radius 3 is 2.55 bits per heavy atom. The topological polar surface area (TPSA) is 56.7 Å². The molecular weight excluding hydrogens is 272 g/mol. The summed E-state index contributed by atoms with van der Waals surface area (Å²) in [6, 6.07) is 11.4. The predicted octanol–water partition coefficient (Wildman–Crippen LogP) is 3.38. The second-order valence-corrected chi connectivity index (χ2v) is 4.92. The van der Waals surface area contributed by atoms with E-state index in [-0.39, 0.29) is 0 Å². The second-order valence-electron chi connectivity index (χ2n) is 4.48. The molecule has 3 aromatic rings. The van der Waals surface area contributed by atoms with Crippen molar-refractivity contribution in [1.29, 1.82) is 0 Å². The molecule has 5 heteroatoms. The zero-order chi connectivity index (χ0) is 14.1. The standard InChI is InChI=1S/C15H13ClN4/c1-20-15(17)13(11-3-2-4-12(16)9-11)14(19-20)10-5-7-18-8-6-10/h2-9H,17H2,1H3. The van der Waals surface area contributed by atoms with Crippen molar-refractivity contribution in [2.24, 2.45) is 7.05 Å². The number of aromatic nitrogens is 3. The van der Waals surface area contributed by atoms with E-state index in [0.29, 0.717) is 10.8 Å². The maximum Gasteiger partial charge on any atom is 0.129 e. The molecule has 2 N–H and O–H groups in total. The van der Waals surface area contributed by atoms with Gasteiger partial charge in [0.05, 0.1) is 5.56 Å². The summed E-state index contributed by atoms with van der Waals surface area (Å²) in [5.74, 6) is 0.610. The normalized spacial score (nSPS) is 10.7. The lowest BCUT2D eigenvalue weighted by Gasteiger charge is -2.04.